The number of nitrogens with zero attached hydrogens (tertiary/aromatic N) is 3. The molecule has 1 aromatic carbocycles. The molecule has 2 N–H and O–H groups in total. The molecule has 0 spiro atoms. The van der Waals surface area contributed by atoms with Crippen LogP contribution in [0.3, 0.4) is 0 Å². The Morgan fingerprint density at radius 2 is 2.06 bits per heavy atom. The molecule has 0 fully saturated rings. The summed E-state index contributed by atoms with van der Waals surface area (Å²) < 4.78 is 0. The molecule has 0 amide bonds. The first-order chi connectivity index (χ1) is 8.22. The molecule has 0 bridgehead atoms. The van der Waals surface area contributed by atoms with E-state index in [1.165, 1.54) is 0 Å². The van der Waals surface area contributed by atoms with Crippen molar-refractivity contribution in [1.29, 1.82) is 5.26 Å². The molecule has 0 saturated carbocycles. The molecule has 4 nitrogen and oxygen atoms in total. The van der Waals surface area contributed by atoms with E-state index in [0.29, 0.717) is 17.1 Å². The average Bonchev–Trinajstić information content (AvgIpc) is 2.38. The summed E-state index contributed by atoms with van der Waals surface area (Å²) in [6, 6.07) is 13.0. The lowest BCUT2D eigenvalue weighted by atomic mass is 10.2. The minimum Gasteiger partial charge on any atom is -0.399 e. The van der Waals surface area contributed by atoms with Gasteiger partial charge in [-0.25, -0.2) is 4.98 Å². The number of rotatable bonds is 2. The zero-order valence-corrected chi connectivity index (χ0v) is 9.46. The zero-order valence-electron chi connectivity index (χ0n) is 9.46. The van der Waals surface area contributed by atoms with Crippen LogP contribution < -0.4 is 10.6 Å². The van der Waals surface area contributed by atoms with Crippen molar-refractivity contribution in [3.05, 3.63) is 48.2 Å². The van der Waals surface area contributed by atoms with E-state index < -0.39 is 0 Å². The highest BCUT2D eigenvalue weighted by Crippen LogP contribution is 2.25. The van der Waals surface area contributed by atoms with Crippen LogP contribution in [0.4, 0.5) is 17.2 Å². The highest BCUT2D eigenvalue weighted by atomic mass is 15.2. The molecule has 0 saturated heterocycles. The highest BCUT2D eigenvalue weighted by molar-refractivity contribution is 5.68. The predicted octanol–water partition coefficient (Wildman–Crippen LogP) is 2.30. The predicted molar refractivity (Wildman–Crippen MR) is 67.9 cm³/mol. The van der Waals surface area contributed by atoms with Gasteiger partial charge in [0.05, 0.1) is 11.3 Å². The van der Waals surface area contributed by atoms with E-state index in [1.54, 1.807) is 24.4 Å². The number of hydrogen-bond donors (Lipinski definition) is 1. The van der Waals surface area contributed by atoms with Crippen LogP contribution in [-0.2, 0) is 0 Å². The molecule has 0 aliphatic carbocycles. The van der Waals surface area contributed by atoms with E-state index in [1.807, 2.05) is 30.1 Å². The Labute approximate surface area is 99.9 Å². The fourth-order valence-electron chi connectivity index (χ4n) is 1.60. The second-order valence-electron chi connectivity index (χ2n) is 3.64. The van der Waals surface area contributed by atoms with Crippen molar-refractivity contribution in [1.82, 2.24) is 4.98 Å². The smallest absolute Gasteiger partial charge is 0.134 e. The monoisotopic (exact) mass is 224 g/mol. The highest BCUT2D eigenvalue weighted by Gasteiger charge is 2.09. The molecule has 17 heavy (non-hydrogen) atoms. The molecule has 1 aromatic heterocycles. The lowest BCUT2D eigenvalue weighted by molar-refractivity contribution is 1.12. The standard InChI is InChI=1S/C13H12N4/c1-17(13-8-11(15)6-7-16-13)12-5-3-2-4-10(12)9-14/h2-8H,1H3,(H2,15,16). The first-order valence-corrected chi connectivity index (χ1v) is 5.17. The molecule has 4 heteroatoms. The van der Waals surface area contributed by atoms with Gasteiger partial charge in [0.1, 0.15) is 11.9 Å². The summed E-state index contributed by atoms with van der Waals surface area (Å²) in [6.45, 7) is 0. The Hall–Kier alpha value is -2.54. The molecule has 0 atom stereocenters. The van der Waals surface area contributed by atoms with Crippen molar-refractivity contribution in [3.63, 3.8) is 0 Å². The van der Waals surface area contributed by atoms with Gasteiger partial charge in [0, 0.05) is 25.0 Å². The molecule has 0 radical (unpaired) electrons. The van der Waals surface area contributed by atoms with Crippen molar-refractivity contribution in [3.8, 4) is 6.07 Å². The SMILES string of the molecule is CN(c1cc(N)ccn1)c1ccccc1C#N. The maximum absolute atomic E-state index is 9.05. The van der Waals surface area contributed by atoms with Crippen LogP contribution in [0.25, 0.3) is 0 Å². The summed E-state index contributed by atoms with van der Waals surface area (Å²) in [6.07, 6.45) is 1.65. The van der Waals surface area contributed by atoms with Gasteiger partial charge in [-0.2, -0.15) is 5.26 Å². The van der Waals surface area contributed by atoms with Gasteiger partial charge in [0.2, 0.25) is 0 Å². The van der Waals surface area contributed by atoms with Crippen LogP contribution in [0.1, 0.15) is 5.56 Å². The van der Waals surface area contributed by atoms with Crippen LogP contribution >= 0.6 is 0 Å². The summed E-state index contributed by atoms with van der Waals surface area (Å²) in [5.74, 6) is 0.715. The summed E-state index contributed by atoms with van der Waals surface area (Å²) in [5.41, 5.74) is 7.79. The number of para-hydroxylation sites is 1. The number of pyridine rings is 1. The van der Waals surface area contributed by atoms with Gasteiger partial charge < -0.3 is 10.6 Å². The van der Waals surface area contributed by atoms with Gasteiger partial charge in [0.15, 0.2) is 0 Å². The van der Waals surface area contributed by atoms with E-state index >= 15 is 0 Å². The summed E-state index contributed by atoms with van der Waals surface area (Å²) in [4.78, 5) is 6.07. The lowest BCUT2D eigenvalue weighted by Gasteiger charge is -2.19. The number of nitrogens with two attached hydrogens (primary N) is 1. The first-order valence-electron chi connectivity index (χ1n) is 5.17. The van der Waals surface area contributed by atoms with Crippen molar-refractivity contribution < 1.29 is 0 Å². The van der Waals surface area contributed by atoms with Crippen LogP contribution in [-0.4, -0.2) is 12.0 Å². The topological polar surface area (TPSA) is 65.9 Å². The van der Waals surface area contributed by atoms with Gasteiger partial charge in [0.25, 0.3) is 0 Å². The quantitative estimate of drug-likeness (QED) is 0.850. The third kappa shape index (κ3) is 2.18. The number of nitrogen functional groups attached to an aromatic ring is 1. The van der Waals surface area contributed by atoms with Crippen LogP contribution in [0.5, 0.6) is 0 Å². The van der Waals surface area contributed by atoms with Crippen LogP contribution in [0.2, 0.25) is 0 Å². The van der Waals surface area contributed by atoms with Gasteiger partial charge >= 0.3 is 0 Å². The number of benzene rings is 1. The van der Waals surface area contributed by atoms with E-state index in [0.717, 1.165) is 5.69 Å². The summed E-state index contributed by atoms with van der Waals surface area (Å²) in [5, 5.41) is 9.05. The van der Waals surface area contributed by atoms with Crippen molar-refractivity contribution in [2.24, 2.45) is 0 Å². The molecule has 84 valence electrons. The maximum Gasteiger partial charge on any atom is 0.134 e. The van der Waals surface area contributed by atoms with Crippen molar-refractivity contribution in [2.45, 2.75) is 0 Å². The Morgan fingerprint density at radius 3 is 2.76 bits per heavy atom. The van der Waals surface area contributed by atoms with Crippen molar-refractivity contribution >= 4 is 17.2 Å². The third-order valence-electron chi connectivity index (χ3n) is 2.50. The Morgan fingerprint density at radius 1 is 1.29 bits per heavy atom. The first kappa shape index (κ1) is 11.0. The minimum absolute atomic E-state index is 0.610. The summed E-state index contributed by atoms with van der Waals surface area (Å²) >= 11 is 0. The number of nitriles is 1. The largest absolute Gasteiger partial charge is 0.399 e. The Kier molecular flexibility index (Phi) is 2.93. The van der Waals surface area contributed by atoms with E-state index in [2.05, 4.69) is 11.1 Å². The molecular weight excluding hydrogens is 212 g/mol. The number of aromatic nitrogens is 1. The third-order valence-corrected chi connectivity index (χ3v) is 2.50. The van der Waals surface area contributed by atoms with E-state index in [9.17, 15) is 0 Å². The zero-order chi connectivity index (χ0) is 12.3. The average molecular weight is 224 g/mol. The normalized spacial score (nSPS) is 9.65. The van der Waals surface area contributed by atoms with Crippen LogP contribution in [0.15, 0.2) is 42.6 Å². The molecule has 2 aromatic rings. The Balaban J connectivity index is 2.44. The van der Waals surface area contributed by atoms with Crippen LogP contribution in [0, 0.1) is 11.3 Å². The summed E-state index contributed by atoms with van der Waals surface area (Å²) in [7, 11) is 1.86. The van der Waals surface area contributed by atoms with Gasteiger partial charge in [-0.3, -0.25) is 0 Å². The maximum atomic E-state index is 9.05. The molecule has 0 unspecified atom stereocenters. The molecular formula is C13H12N4. The second kappa shape index (κ2) is 4.54. The fourth-order valence-corrected chi connectivity index (χ4v) is 1.60. The molecule has 1 heterocycles. The minimum atomic E-state index is 0.610. The molecule has 0 aliphatic rings. The second-order valence-corrected chi connectivity index (χ2v) is 3.64. The van der Waals surface area contributed by atoms with Crippen molar-refractivity contribution in [2.75, 3.05) is 17.7 Å². The van der Waals surface area contributed by atoms with Gasteiger partial charge in [-0.15, -0.1) is 0 Å². The van der Waals surface area contributed by atoms with E-state index in [4.69, 9.17) is 11.0 Å². The Bertz CT molecular complexity index is 572. The van der Waals surface area contributed by atoms with Gasteiger partial charge in [-0.05, 0) is 18.2 Å². The van der Waals surface area contributed by atoms with E-state index in [-0.39, 0.29) is 0 Å². The number of hydrogen-bond acceptors (Lipinski definition) is 4. The molecule has 0 aliphatic heterocycles. The number of anilines is 3. The fraction of sp³-hybridized carbons (Fsp3) is 0.0769. The van der Waals surface area contributed by atoms with Gasteiger partial charge in [-0.1, -0.05) is 12.1 Å². The lowest BCUT2D eigenvalue weighted by Crippen LogP contribution is -2.12. The molecule has 2 rings (SSSR count).